The van der Waals surface area contributed by atoms with Gasteiger partial charge in [-0.2, -0.15) is 5.10 Å². The lowest BCUT2D eigenvalue weighted by Gasteiger charge is -2.37. The van der Waals surface area contributed by atoms with Crippen LogP contribution in [0.4, 0.5) is 0 Å². The molecule has 21 heavy (non-hydrogen) atoms. The number of hydrogen-bond acceptors (Lipinski definition) is 3. The smallest absolute Gasteiger partial charge is 0.0537 e. The fraction of sp³-hybridized carbons (Fsp3) is 0.824. The molecular weight excluding hydrogens is 260 g/mol. The van der Waals surface area contributed by atoms with Gasteiger partial charge in [0.05, 0.1) is 6.20 Å². The minimum Gasteiger partial charge on any atom is -0.306 e. The van der Waals surface area contributed by atoms with Crippen molar-refractivity contribution in [1.82, 2.24) is 19.6 Å². The summed E-state index contributed by atoms with van der Waals surface area (Å²) in [7, 11) is 6.51. The Bertz CT molecular complexity index is 467. The molecule has 0 radical (unpaired) electrons. The van der Waals surface area contributed by atoms with Crippen LogP contribution in [0.1, 0.15) is 49.8 Å². The molecule has 1 aromatic heterocycles. The van der Waals surface area contributed by atoms with E-state index in [-0.39, 0.29) is 0 Å². The Labute approximate surface area is 129 Å². The highest BCUT2D eigenvalue weighted by Gasteiger charge is 2.31. The monoisotopic (exact) mass is 290 g/mol. The third kappa shape index (κ3) is 3.32. The van der Waals surface area contributed by atoms with Gasteiger partial charge in [0, 0.05) is 36.8 Å². The minimum absolute atomic E-state index is 0.701. The molecular formula is C17H30N4. The summed E-state index contributed by atoms with van der Waals surface area (Å²) in [6, 6.07) is 0.701. The number of hydrogen-bond donors (Lipinski definition) is 0. The van der Waals surface area contributed by atoms with Crippen LogP contribution in [0.5, 0.6) is 0 Å². The van der Waals surface area contributed by atoms with Gasteiger partial charge in [0.2, 0.25) is 0 Å². The van der Waals surface area contributed by atoms with Crippen molar-refractivity contribution in [3.63, 3.8) is 0 Å². The average Bonchev–Trinajstić information content (AvgIpc) is 3.24. The fourth-order valence-corrected chi connectivity index (χ4v) is 3.75. The summed E-state index contributed by atoms with van der Waals surface area (Å²) in [4.78, 5) is 4.99. The van der Waals surface area contributed by atoms with Crippen LogP contribution in [-0.2, 0) is 13.6 Å². The number of likely N-dealkylation sites (tertiary alicyclic amines) is 1. The summed E-state index contributed by atoms with van der Waals surface area (Å²) in [5.41, 5.74) is 2.97. The first-order valence-electron chi connectivity index (χ1n) is 8.45. The van der Waals surface area contributed by atoms with Gasteiger partial charge in [-0.15, -0.1) is 0 Å². The van der Waals surface area contributed by atoms with Crippen LogP contribution in [0.2, 0.25) is 0 Å². The average molecular weight is 290 g/mol. The number of piperidine rings is 1. The molecule has 0 N–H and O–H groups in total. The SMILES string of the molecule is C[C@H](C1CCN(Cc2cnn(C)c2C2CC2)CC1)N(C)C. The molecule has 0 amide bonds. The molecule has 4 nitrogen and oxygen atoms in total. The lowest BCUT2D eigenvalue weighted by Crippen LogP contribution is -2.41. The Kier molecular flexibility index (Phi) is 4.36. The Hall–Kier alpha value is -0.870. The van der Waals surface area contributed by atoms with E-state index in [1.807, 2.05) is 0 Å². The van der Waals surface area contributed by atoms with Crippen molar-refractivity contribution in [1.29, 1.82) is 0 Å². The van der Waals surface area contributed by atoms with Gasteiger partial charge >= 0.3 is 0 Å². The number of aryl methyl sites for hydroxylation is 1. The summed E-state index contributed by atoms with van der Waals surface area (Å²) in [5.74, 6) is 1.65. The van der Waals surface area contributed by atoms with Crippen molar-refractivity contribution in [3.05, 3.63) is 17.5 Å². The molecule has 3 rings (SSSR count). The zero-order chi connectivity index (χ0) is 15.0. The maximum atomic E-state index is 4.49. The topological polar surface area (TPSA) is 24.3 Å². The van der Waals surface area contributed by atoms with Gasteiger partial charge in [0.1, 0.15) is 0 Å². The third-order valence-electron chi connectivity index (χ3n) is 5.55. The molecule has 1 atom stereocenters. The van der Waals surface area contributed by atoms with Crippen molar-refractivity contribution in [3.8, 4) is 0 Å². The van der Waals surface area contributed by atoms with Gasteiger partial charge in [-0.1, -0.05) is 0 Å². The highest BCUT2D eigenvalue weighted by atomic mass is 15.3. The Morgan fingerprint density at radius 3 is 2.48 bits per heavy atom. The van der Waals surface area contributed by atoms with Gasteiger partial charge in [-0.3, -0.25) is 9.58 Å². The van der Waals surface area contributed by atoms with Crippen LogP contribution >= 0.6 is 0 Å². The highest BCUT2D eigenvalue weighted by Crippen LogP contribution is 2.41. The molecule has 0 spiro atoms. The summed E-state index contributed by atoms with van der Waals surface area (Å²) < 4.78 is 2.11. The molecule has 2 aliphatic rings. The second-order valence-electron chi connectivity index (χ2n) is 7.27. The quantitative estimate of drug-likeness (QED) is 0.832. The standard InChI is InChI=1S/C17H30N4/c1-13(19(2)3)14-7-9-21(10-8-14)12-16-11-18-20(4)17(16)15-5-6-15/h11,13-15H,5-10,12H2,1-4H3/t13-/m1/s1. The van der Waals surface area contributed by atoms with Crippen molar-refractivity contribution in [2.45, 2.75) is 51.1 Å². The first-order valence-corrected chi connectivity index (χ1v) is 8.45. The van der Waals surface area contributed by atoms with E-state index in [0.29, 0.717) is 6.04 Å². The molecule has 2 fully saturated rings. The first-order chi connectivity index (χ1) is 10.1. The van der Waals surface area contributed by atoms with Gasteiger partial charge in [-0.05, 0) is 65.7 Å². The molecule has 1 aliphatic heterocycles. The van der Waals surface area contributed by atoms with Crippen LogP contribution in [-0.4, -0.2) is 52.8 Å². The number of rotatable bonds is 5. The highest BCUT2D eigenvalue weighted by molar-refractivity contribution is 5.25. The molecule has 1 saturated heterocycles. The van der Waals surface area contributed by atoms with Crippen molar-refractivity contribution in [2.24, 2.45) is 13.0 Å². The van der Waals surface area contributed by atoms with E-state index in [2.05, 4.69) is 53.8 Å². The second-order valence-corrected chi connectivity index (χ2v) is 7.27. The number of aromatic nitrogens is 2. The maximum absolute atomic E-state index is 4.49. The molecule has 1 aliphatic carbocycles. The van der Waals surface area contributed by atoms with Crippen LogP contribution in [0.15, 0.2) is 6.20 Å². The zero-order valence-electron chi connectivity index (χ0n) is 14.0. The van der Waals surface area contributed by atoms with Gasteiger partial charge in [0.25, 0.3) is 0 Å². The van der Waals surface area contributed by atoms with E-state index in [4.69, 9.17) is 0 Å². The lowest BCUT2D eigenvalue weighted by molar-refractivity contribution is 0.121. The van der Waals surface area contributed by atoms with E-state index in [1.165, 1.54) is 50.0 Å². The fourth-order valence-electron chi connectivity index (χ4n) is 3.75. The Morgan fingerprint density at radius 2 is 1.90 bits per heavy atom. The molecule has 0 aromatic carbocycles. The summed E-state index contributed by atoms with van der Waals surface area (Å²) in [6.07, 6.45) is 7.48. The summed E-state index contributed by atoms with van der Waals surface area (Å²) in [5, 5.41) is 4.49. The predicted molar refractivity (Wildman–Crippen MR) is 86.3 cm³/mol. The number of nitrogens with zero attached hydrogens (tertiary/aromatic N) is 4. The van der Waals surface area contributed by atoms with Crippen LogP contribution in [0.25, 0.3) is 0 Å². The van der Waals surface area contributed by atoms with Crippen molar-refractivity contribution in [2.75, 3.05) is 27.2 Å². The first kappa shape index (κ1) is 15.0. The summed E-state index contributed by atoms with van der Waals surface area (Å²) in [6.45, 7) is 5.94. The van der Waals surface area contributed by atoms with E-state index >= 15 is 0 Å². The van der Waals surface area contributed by atoms with Gasteiger partial charge < -0.3 is 4.90 Å². The van der Waals surface area contributed by atoms with E-state index in [1.54, 1.807) is 0 Å². The molecule has 0 bridgehead atoms. The Morgan fingerprint density at radius 1 is 1.24 bits per heavy atom. The summed E-state index contributed by atoms with van der Waals surface area (Å²) >= 11 is 0. The predicted octanol–water partition coefficient (Wildman–Crippen LogP) is 2.46. The van der Waals surface area contributed by atoms with Crippen LogP contribution in [0, 0.1) is 5.92 Å². The van der Waals surface area contributed by atoms with Gasteiger partial charge in [-0.25, -0.2) is 0 Å². The molecule has 118 valence electrons. The maximum Gasteiger partial charge on any atom is 0.0537 e. The van der Waals surface area contributed by atoms with Crippen molar-refractivity contribution >= 4 is 0 Å². The van der Waals surface area contributed by atoms with E-state index < -0.39 is 0 Å². The Balaban J connectivity index is 1.56. The second kappa shape index (κ2) is 6.09. The largest absolute Gasteiger partial charge is 0.306 e. The molecule has 4 heteroatoms. The van der Waals surface area contributed by atoms with E-state index in [9.17, 15) is 0 Å². The van der Waals surface area contributed by atoms with E-state index in [0.717, 1.165) is 18.4 Å². The molecule has 1 saturated carbocycles. The van der Waals surface area contributed by atoms with Gasteiger partial charge in [0.15, 0.2) is 0 Å². The molecule has 0 unspecified atom stereocenters. The minimum atomic E-state index is 0.701. The van der Waals surface area contributed by atoms with Crippen LogP contribution < -0.4 is 0 Å². The lowest BCUT2D eigenvalue weighted by atomic mass is 9.89. The molecule has 2 heterocycles. The molecule has 1 aromatic rings. The zero-order valence-corrected chi connectivity index (χ0v) is 14.0. The third-order valence-corrected chi connectivity index (χ3v) is 5.55. The van der Waals surface area contributed by atoms with Crippen LogP contribution in [0.3, 0.4) is 0 Å². The normalized spacial score (nSPS) is 22.9. The van der Waals surface area contributed by atoms with Crippen molar-refractivity contribution < 1.29 is 0 Å².